The highest BCUT2D eigenvalue weighted by Gasteiger charge is 2.28. The number of halogens is 1. The van der Waals surface area contributed by atoms with Crippen molar-refractivity contribution in [1.29, 1.82) is 0 Å². The van der Waals surface area contributed by atoms with Crippen LogP contribution in [0.4, 0.5) is 4.39 Å². The van der Waals surface area contributed by atoms with Crippen molar-refractivity contribution in [2.24, 2.45) is 0 Å². The summed E-state index contributed by atoms with van der Waals surface area (Å²) in [7, 11) is 0. The third kappa shape index (κ3) is 2.18. The minimum absolute atomic E-state index is 0.103. The molecule has 1 atom stereocenters. The summed E-state index contributed by atoms with van der Waals surface area (Å²) in [6.45, 7) is 2.27. The van der Waals surface area contributed by atoms with E-state index in [0.717, 1.165) is 5.56 Å². The molecule has 0 saturated carbocycles. The van der Waals surface area contributed by atoms with Crippen molar-refractivity contribution in [3.8, 4) is 0 Å². The number of piperidine rings is 1. The number of carbonyl (C=O) groups is 1. The lowest BCUT2D eigenvalue weighted by Crippen LogP contribution is -2.35. The zero-order valence-electron chi connectivity index (χ0n) is 9.42. The van der Waals surface area contributed by atoms with Crippen molar-refractivity contribution in [2.45, 2.75) is 19.4 Å². The van der Waals surface area contributed by atoms with Gasteiger partial charge in [-0.3, -0.25) is 4.79 Å². The average molecular weight is 233 g/mol. The Hall–Kier alpha value is -1.77. The topological polar surface area (TPSA) is 46.2 Å². The molecular weight excluding hydrogens is 221 g/mol. The Morgan fingerprint density at radius 1 is 1.47 bits per heavy atom. The summed E-state index contributed by atoms with van der Waals surface area (Å²) >= 11 is 0. The SMILES string of the molecule is Cc1cc(F)ccc1C1NCCC(=O)C1=C=O. The van der Waals surface area contributed by atoms with Gasteiger partial charge in [0.1, 0.15) is 17.3 Å². The van der Waals surface area contributed by atoms with Gasteiger partial charge >= 0.3 is 0 Å². The summed E-state index contributed by atoms with van der Waals surface area (Å²) in [5, 5.41) is 3.08. The highest BCUT2D eigenvalue weighted by molar-refractivity contribution is 6.04. The van der Waals surface area contributed by atoms with Gasteiger partial charge in [0, 0.05) is 13.0 Å². The van der Waals surface area contributed by atoms with E-state index in [9.17, 15) is 14.0 Å². The molecule has 2 rings (SSSR count). The summed E-state index contributed by atoms with van der Waals surface area (Å²) in [6, 6.07) is 3.84. The number of rotatable bonds is 1. The molecule has 4 heteroatoms. The third-order valence-corrected chi connectivity index (χ3v) is 2.94. The fourth-order valence-corrected chi connectivity index (χ4v) is 2.07. The fourth-order valence-electron chi connectivity index (χ4n) is 2.07. The van der Waals surface area contributed by atoms with Gasteiger partial charge in [0.25, 0.3) is 0 Å². The number of hydrogen-bond donors (Lipinski definition) is 1. The van der Waals surface area contributed by atoms with E-state index < -0.39 is 6.04 Å². The predicted octanol–water partition coefficient (Wildman–Crippen LogP) is 1.50. The Kier molecular flexibility index (Phi) is 3.18. The first-order chi connectivity index (χ1) is 8.13. The smallest absolute Gasteiger partial charge is 0.173 e. The van der Waals surface area contributed by atoms with Gasteiger partial charge in [-0.2, -0.15) is 0 Å². The van der Waals surface area contributed by atoms with Crippen LogP contribution in [0.25, 0.3) is 0 Å². The van der Waals surface area contributed by atoms with Crippen molar-refractivity contribution in [3.63, 3.8) is 0 Å². The third-order valence-electron chi connectivity index (χ3n) is 2.94. The van der Waals surface area contributed by atoms with Crippen LogP contribution in [-0.2, 0) is 9.59 Å². The van der Waals surface area contributed by atoms with E-state index in [1.807, 2.05) is 0 Å². The first-order valence-electron chi connectivity index (χ1n) is 5.41. The second kappa shape index (κ2) is 4.62. The fraction of sp³-hybridized carbons (Fsp3) is 0.308. The number of hydrogen-bond acceptors (Lipinski definition) is 3. The second-order valence-corrected chi connectivity index (χ2v) is 4.08. The highest BCUT2D eigenvalue weighted by Crippen LogP contribution is 2.27. The minimum atomic E-state index is -0.464. The van der Waals surface area contributed by atoms with Crippen molar-refractivity contribution < 1.29 is 14.0 Å². The normalized spacial score (nSPS) is 20.2. The molecule has 0 aromatic heterocycles. The van der Waals surface area contributed by atoms with E-state index in [1.165, 1.54) is 12.1 Å². The molecule has 3 nitrogen and oxygen atoms in total. The van der Waals surface area contributed by atoms with Gasteiger partial charge in [-0.25, -0.2) is 9.18 Å². The number of carbonyl (C=O) groups excluding carboxylic acids is 2. The van der Waals surface area contributed by atoms with E-state index >= 15 is 0 Å². The van der Waals surface area contributed by atoms with Crippen molar-refractivity contribution in [2.75, 3.05) is 6.54 Å². The summed E-state index contributed by atoms with van der Waals surface area (Å²) in [6.07, 6.45) is 0.307. The van der Waals surface area contributed by atoms with Crippen LogP contribution in [0.2, 0.25) is 0 Å². The van der Waals surface area contributed by atoms with E-state index in [-0.39, 0.29) is 17.2 Å². The molecule has 1 heterocycles. The van der Waals surface area contributed by atoms with Gasteiger partial charge in [0.15, 0.2) is 5.78 Å². The maximum Gasteiger partial charge on any atom is 0.173 e. The van der Waals surface area contributed by atoms with Gasteiger partial charge in [-0.1, -0.05) is 6.07 Å². The largest absolute Gasteiger partial charge is 0.305 e. The quantitative estimate of drug-likeness (QED) is 0.590. The molecule has 0 aliphatic carbocycles. The number of benzene rings is 1. The van der Waals surface area contributed by atoms with Crippen molar-refractivity contribution in [1.82, 2.24) is 5.32 Å². The van der Waals surface area contributed by atoms with Crippen LogP contribution in [0, 0.1) is 12.7 Å². The Bertz CT molecular complexity index is 518. The lowest BCUT2D eigenvalue weighted by atomic mass is 9.89. The van der Waals surface area contributed by atoms with E-state index in [2.05, 4.69) is 5.32 Å². The van der Waals surface area contributed by atoms with Crippen LogP contribution in [0.5, 0.6) is 0 Å². The van der Waals surface area contributed by atoms with Crippen LogP contribution in [0.1, 0.15) is 23.6 Å². The Labute approximate surface area is 98.3 Å². The van der Waals surface area contributed by atoms with Crippen LogP contribution >= 0.6 is 0 Å². The molecule has 0 amide bonds. The van der Waals surface area contributed by atoms with Crippen LogP contribution < -0.4 is 5.32 Å². The maximum atomic E-state index is 13.0. The summed E-state index contributed by atoms with van der Waals surface area (Å²) in [4.78, 5) is 22.4. The van der Waals surface area contributed by atoms with Crippen LogP contribution in [0.3, 0.4) is 0 Å². The standard InChI is InChI=1S/C13H12FNO2/c1-8-6-9(14)2-3-10(8)13-11(7-16)12(17)4-5-15-13/h2-3,6,13,15H,4-5H2,1H3. The summed E-state index contributed by atoms with van der Waals surface area (Å²) in [5.41, 5.74) is 1.56. The van der Waals surface area contributed by atoms with Gasteiger partial charge in [-0.15, -0.1) is 0 Å². The van der Waals surface area contributed by atoms with Gasteiger partial charge in [0.05, 0.1) is 6.04 Å². The zero-order chi connectivity index (χ0) is 12.4. The van der Waals surface area contributed by atoms with Gasteiger partial charge in [-0.05, 0) is 30.2 Å². The lowest BCUT2D eigenvalue weighted by molar-refractivity contribution is -0.116. The average Bonchev–Trinajstić information content (AvgIpc) is 2.29. The van der Waals surface area contributed by atoms with Crippen molar-refractivity contribution >= 4 is 11.7 Å². The van der Waals surface area contributed by atoms with E-state index in [0.29, 0.717) is 18.5 Å². The lowest BCUT2D eigenvalue weighted by Gasteiger charge is -2.25. The highest BCUT2D eigenvalue weighted by atomic mass is 19.1. The van der Waals surface area contributed by atoms with E-state index in [1.54, 1.807) is 18.9 Å². The molecule has 0 bridgehead atoms. The second-order valence-electron chi connectivity index (χ2n) is 4.08. The number of Topliss-reactive ketones (excluding diaryl/α,β-unsaturated/α-hetero) is 1. The Morgan fingerprint density at radius 3 is 2.88 bits per heavy atom. The maximum absolute atomic E-state index is 13.0. The molecule has 1 fully saturated rings. The summed E-state index contributed by atoms with van der Waals surface area (Å²) in [5.74, 6) is 1.19. The molecule has 1 aromatic carbocycles. The van der Waals surface area contributed by atoms with Crippen LogP contribution in [-0.4, -0.2) is 18.3 Å². The monoisotopic (exact) mass is 233 g/mol. The predicted molar refractivity (Wildman–Crippen MR) is 60.7 cm³/mol. The molecule has 88 valence electrons. The first kappa shape index (κ1) is 11.7. The molecule has 0 radical (unpaired) electrons. The molecule has 1 N–H and O–H groups in total. The molecule has 1 aliphatic heterocycles. The first-order valence-corrected chi connectivity index (χ1v) is 5.41. The zero-order valence-corrected chi connectivity index (χ0v) is 9.42. The van der Waals surface area contributed by atoms with Crippen LogP contribution in [0.15, 0.2) is 23.8 Å². The van der Waals surface area contributed by atoms with Gasteiger partial charge in [0.2, 0.25) is 0 Å². The number of aryl methyl sites for hydroxylation is 1. The molecule has 1 aromatic rings. The number of nitrogens with one attached hydrogen (secondary N) is 1. The summed E-state index contributed by atoms with van der Waals surface area (Å²) < 4.78 is 13.0. The molecule has 1 aliphatic rings. The molecular formula is C13H12FNO2. The molecule has 1 unspecified atom stereocenters. The Morgan fingerprint density at radius 2 is 2.24 bits per heavy atom. The van der Waals surface area contributed by atoms with Gasteiger partial charge < -0.3 is 5.32 Å². The molecule has 1 saturated heterocycles. The van der Waals surface area contributed by atoms with E-state index in [4.69, 9.17) is 0 Å². The minimum Gasteiger partial charge on any atom is -0.305 e. The molecule has 0 spiro atoms. The molecule has 17 heavy (non-hydrogen) atoms. The van der Waals surface area contributed by atoms with Crippen molar-refractivity contribution in [3.05, 3.63) is 40.7 Å². The number of ketones is 1. The Balaban J connectivity index is 2.44.